The van der Waals surface area contributed by atoms with Gasteiger partial charge in [0.1, 0.15) is 5.65 Å². The highest BCUT2D eigenvalue weighted by molar-refractivity contribution is 7.17. The van der Waals surface area contributed by atoms with Crippen molar-refractivity contribution in [3.05, 3.63) is 65.4 Å². The molecule has 0 spiro atoms. The Morgan fingerprint density at radius 1 is 1.19 bits per heavy atom. The Labute approximate surface area is 126 Å². The average Bonchev–Trinajstić information content (AvgIpc) is 3.08. The third-order valence-corrected chi connectivity index (χ3v) is 4.64. The zero-order valence-corrected chi connectivity index (χ0v) is 12.5. The Morgan fingerprint density at radius 2 is 2.14 bits per heavy atom. The molecule has 0 aliphatic rings. The van der Waals surface area contributed by atoms with Crippen molar-refractivity contribution in [3.8, 4) is 0 Å². The molecule has 0 aliphatic carbocycles. The van der Waals surface area contributed by atoms with Gasteiger partial charge in [-0.25, -0.2) is 4.98 Å². The first-order valence-electron chi connectivity index (χ1n) is 6.95. The normalized spacial score (nSPS) is 11.3. The number of benzene rings is 1. The third-order valence-electron chi connectivity index (χ3n) is 3.74. The number of hydrogen-bond donors (Lipinski definition) is 1. The third kappa shape index (κ3) is 2.17. The van der Waals surface area contributed by atoms with E-state index in [1.165, 1.54) is 15.8 Å². The number of anilines is 1. The Morgan fingerprint density at radius 3 is 3.10 bits per heavy atom. The van der Waals surface area contributed by atoms with E-state index in [2.05, 4.69) is 57.5 Å². The predicted octanol–water partition coefficient (Wildman–Crippen LogP) is 4.47. The lowest BCUT2D eigenvalue weighted by molar-refractivity contribution is 0.987. The van der Waals surface area contributed by atoms with Gasteiger partial charge in [0.25, 0.3) is 0 Å². The zero-order chi connectivity index (χ0) is 14.2. The second-order valence-corrected chi connectivity index (χ2v) is 6.05. The molecule has 0 atom stereocenters. The molecule has 0 saturated heterocycles. The highest BCUT2D eigenvalue weighted by Gasteiger charge is 2.07. The van der Waals surface area contributed by atoms with Crippen LogP contribution >= 0.6 is 11.3 Å². The number of nitrogens with zero attached hydrogens (tertiary/aromatic N) is 2. The molecule has 3 nitrogen and oxygen atoms in total. The molecule has 104 valence electrons. The molecule has 0 radical (unpaired) electrons. The molecule has 0 bridgehead atoms. The number of aromatic nitrogens is 2. The summed E-state index contributed by atoms with van der Waals surface area (Å²) in [6, 6.07) is 14.8. The summed E-state index contributed by atoms with van der Waals surface area (Å²) in [6.07, 6.45) is 2.06. The highest BCUT2D eigenvalue weighted by atomic mass is 32.1. The number of aryl methyl sites for hydroxylation is 1. The van der Waals surface area contributed by atoms with E-state index in [-0.39, 0.29) is 0 Å². The fourth-order valence-electron chi connectivity index (χ4n) is 2.64. The Bertz CT molecular complexity index is 920. The fourth-order valence-corrected chi connectivity index (χ4v) is 3.41. The van der Waals surface area contributed by atoms with E-state index < -0.39 is 0 Å². The molecular weight excluding hydrogens is 278 g/mol. The van der Waals surface area contributed by atoms with E-state index in [0.29, 0.717) is 0 Å². The molecule has 0 fully saturated rings. The minimum atomic E-state index is 0.770. The molecular formula is C17H15N3S. The SMILES string of the molecule is Cc1nc2ccccn2c1CNc1ccc2sccc2c1. The van der Waals surface area contributed by atoms with Crippen LogP contribution in [0.2, 0.25) is 0 Å². The zero-order valence-electron chi connectivity index (χ0n) is 11.7. The van der Waals surface area contributed by atoms with E-state index >= 15 is 0 Å². The molecule has 1 aromatic carbocycles. The maximum Gasteiger partial charge on any atom is 0.137 e. The lowest BCUT2D eigenvalue weighted by Crippen LogP contribution is -2.03. The molecule has 1 N–H and O–H groups in total. The van der Waals surface area contributed by atoms with Crippen molar-refractivity contribution in [2.75, 3.05) is 5.32 Å². The summed E-state index contributed by atoms with van der Waals surface area (Å²) in [5.74, 6) is 0. The fraction of sp³-hybridized carbons (Fsp3) is 0.118. The van der Waals surface area contributed by atoms with Gasteiger partial charge in [0, 0.05) is 16.6 Å². The van der Waals surface area contributed by atoms with Gasteiger partial charge in [0.2, 0.25) is 0 Å². The van der Waals surface area contributed by atoms with Gasteiger partial charge in [-0.3, -0.25) is 0 Å². The molecule has 0 unspecified atom stereocenters. The van der Waals surface area contributed by atoms with Crippen LogP contribution in [0.5, 0.6) is 0 Å². The van der Waals surface area contributed by atoms with E-state index in [1.807, 2.05) is 18.2 Å². The molecule has 4 rings (SSSR count). The van der Waals surface area contributed by atoms with Gasteiger partial charge in [-0.1, -0.05) is 6.07 Å². The number of thiophene rings is 1. The predicted molar refractivity (Wildman–Crippen MR) is 89.1 cm³/mol. The van der Waals surface area contributed by atoms with Crippen LogP contribution in [0, 0.1) is 6.92 Å². The highest BCUT2D eigenvalue weighted by Crippen LogP contribution is 2.24. The van der Waals surface area contributed by atoms with Gasteiger partial charge in [-0.05, 0) is 54.1 Å². The number of nitrogens with one attached hydrogen (secondary N) is 1. The smallest absolute Gasteiger partial charge is 0.137 e. The lowest BCUT2D eigenvalue weighted by atomic mass is 10.2. The van der Waals surface area contributed by atoms with Gasteiger partial charge >= 0.3 is 0 Å². The lowest BCUT2D eigenvalue weighted by Gasteiger charge is -2.07. The van der Waals surface area contributed by atoms with Crippen molar-refractivity contribution in [2.45, 2.75) is 13.5 Å². The summed E-state index contributed by atoms with van der Waals surface area (Å²) in [6.45, 7) is 2.83. The standard InChI is InChI=1S/C17H15N3S/c1-12-15(20-8-3-2-4-17(20)19-12)11-18-14-5-6-16-13(10-14)7-9-21-16/h2-10,18H,11H2,1H3. The first-order valence-corrected chi connectivity index (χ1v) is 7.83. The van der Waals surface area contributed by atoms with Crippen molar-refractivity contribution in [2.24, 2.45) is 0 Å². The van der Waals surface area contributed by atoms with Crippen molar-refractivity contribution in [3.63, 3.8) is 0 Å². The Kier molecular flexibility index (Phi) is 2.89. The maximum atomic E-state index is 4.59. The maximum absolute atomic E-state index is 4.59. The van der Waals surface area contributed by atoms with Crippen LogP contribution in [0.3, 0.4) is 0 Å². The Hall–Kier alpha value is -2.33. The van der Waals surface area contributed by atoms with Crippen LogP contribution in [0.15, 0.2) is 54.0 Å². The topological polar surface area (TPSA) is 29.3 Å². The minimum Gasteiger partial charge on any atom is -0.379 e. The molecule has 4 aromatic rings. The van der Waals surface area contributed by atoms with Crippen LogP contribution in [0.1, 0.15) is 11.4 Å². The van der Waals surface area contributed by atoms with Crippen LogP contribution in [-0.2, 0) is 6.54 Å². The summed E-state index contributed by atoms with van der Waals surface area (Å²) in [5.41, 5.74) is 4.42. The van der Waals surface area contributed by atoms with E-state index in [1.54, 1.807) is 11.3 Å². The van der Waals surface area contributed by atoms with E-state index in [0.717, 1.165) is 23.6 Å². The first kappa shape index (κ1) is 12.4. The molecule has 4 heteroatoms. The average molecular weight is 293 g/mol. The molecule has 0 saturated carbocycles. The van der Waals surface area contributed by atoms with Gasteiger partial charge in [-0.2, -0.15) is 0 Å². The molecule has 3 aromatic heterocycles. The van der Waals surface area contributed by atoms with Crippen molar-refractivity contribution in [1.29, 1.82) is 0 Å². The van der Waals surface area contributed by atoms with Crippen molar-refractivity contribution in [1.82, 2.24) is 9.38 Å². The van der Waals surface area contributed by atoms with Gasteiger partial charge in [-0.15, -0.1) is 11.3 Å². The monoisotopic (exact) mass is 293 g/mol. The second-order valence-electron chi connectivity index (χ2n) is 5.10. The molecule has 21 heavy (non-hydrogen) atoms. The summed E-state index contributed by atoms with van der Waals surface area (Å²) in [4.78, 5) is 4.59. The van der Waals surface area contributed by atoms with Crippen LogP contribution < -0.4 is 5.32 Å². The summed E-state index contributed by atoms with van der Waals surface area (Å²) >= 11 is 1.77. The first-order chi connectivity index (χ1) is 10.3. The molecule has 0 amide bonds. The van der Waals surface area contributed by atoms with Gasteiger partial charge in [0.15, 0.2) is 0 Å². The number of hydrogen-bond acceptors (Lipinski definition) is 3. The number of rotatable bonds is 3. The largest absolute Gasteiger partial charge is 0.379 e. The second kappa shape index (κ2) is 4.90. The molecule has 0 aliphatic heterocycles. The summed E-state index contributed by atoms with van der Waals surface area (Å²) in [5, 5.41) is 6.93. The van der Waals surface area contributed by atoms with Crippen LogP contribution in [0.4, 0.5) is 5.69 Å². The minimum absolute atomic E-state index is 0.770. The van der Waals surface area contributed by atoms with Crippen LogP contribution in [0.25, 0.3) is 15.7 Å². The van der Waals surface area contributed by atoms with Gasteiger partial charge < -0.3 is 9.72 Å². The molecule has 3 heterocycles. The number of pyridine rings is 1. The summed E-state index contributed by atoms with van der Waals surface area (Å²) in [7, 11) is 0. The van der Waals surface area contributed by atoms with Crippen molar-refractivity contribution >= 4 is 32.8 Å². The van der Waals surface area contributed by atoms with Crippen LogP contribution in [-0.4, -0.2) is 9.38 Å². The summed E-state index contributed by atoms with van der Waals surface area (Å²) < 4.78 is 3.47. The van der Waals surface area contributed by atoms with E-state index in [9.17, 15) is 0 Å². The number of imidazole rings is 1. The number of fused-ring (bicyclic) bond motifs is 2. The van der Waals surface area contributed by atoms with Gasteiger partial charge in [0.05, 0.1) is 17.9 Å². The quantitative estimate of drug-likeness (QED) is 0.604. The van der Waals surface area contributed by atoms with Crippen molar-refractivity contribution < 1.29 is 0 Å². The Balaban J connectivity index is 1.64. The van der Waals surface area contributed by atoms with E-state index in [4.69, 9.17) is 0 Å².